The number of anilines is 2. The van der Waals surface area contributed by atoms with Gasteiger partial charge in [-0.1, -0.05) is 0 Å². The molecule has 0 fully saturated rings. The fraction of sp³-hybridized carbons (Fsp3) is 0.600. The zero-order valence-electron chi connectivity index (χ0n) is 9.53. The lowest BCUT2D eigenvalue weighted by molar-refractivity contribution is 0.196. The van der Waals surface area contributed by atoms with Gasteiger partial charge in [0.2, 0.25) is 0 Å². The Balaban J connectivity index is 2.60. The second-order valence-corrected chi connectivity index (χ2v) is 3.47. The summed E-state index contributed by atoms with van der Waals surface area (Å²) in [6.07, 6.45) is 0.968. The third-order valence-electron chi connectivity index (χ3n) is 2.08. The van der Waals surface area contributed by atoms with Gasteiger partial charge in [0.25, 0.3) is 0 Å². The van der Waals surface area contributed by atoms with Crippen molar-refractivity contribution in [1.29, 1.82) is 0 Å². The van der Waals surface area contributed by atoms with Crippen molar-refractivity contribution >= 4 is 11.6 Å². The summed E-state index contributed by atoms with van der Waals surface area (Å²) in [4.78, 5) is 10.4. The van der Waals surface area contributed by atoms with E-state index in [-0.39, 0.29) is 0 Å². The van der Waals surface area contributed by atoms with Crippen molar-refractivity contribution in [2.75, 3.05) is 37.9 Å². The van der Waals surface area contributed by atoms with Crippen molar-refractivity contribution in [2.45, 2.75) is 13.3 Å². The third kappa shape index (κ3) is 3.71. The van der Waals surface area contributed by atoms with Crippen molar-refractivity contribution in [1.82, 2.24) is 9.97 Å². The van der Waals surface area contributed by atoms with Crippen LogP contribution in [-0.2, 0) is 4.74 Å². The van der Waals surface area contributed by atoms with E-state index in [4.69, 9.17) is 10.5 Å². The molecule has 5 heteroatoms. The minimum absolute atomic E-state index is 0.510. The number of ether oxygens (including phenoxy) is 1. The predicted octanol–water partition coefficient (Wildman–Crippen LogP) is 0.840. The SMILES string of the molecule is COCCCN(C)c1cc(N)nc(C)n1. The van der Waals surface area contributed by atoms with Crippen molar-refractivity contribution in [3.05, 3.63) is 11.9 Å². The Morgan fingerprint density at radius 2 is 2.20 bits per heavy atom. The van der Waals surface area contributed by atoms with Crippen LogP contribution in [0.4, 0.5) is 11.6 Å². The molecule has 1 aromatic heterocycles. The normalized spacial score (nSPS) is 10.3. The lowest BCUT2D eigenvalue weighted by atomic mass is 10.4. The van der Waals surface area contributed by atoms with E-state index in [0.717, 1.165) is 25.4 Å². The molecule has 0 radical (unpaired) electrons. The summed E-state index contributed by atoms with van der Waals surface area (Å²) in [5.74, 6) is 2.07. The smallest absolute Gasteiger partial charge is 0.134 e. The summed E-state index contributed by atoms with van der Waals surface area (Å²) in [5, 5.41) is 0. The molecule has 2 N–H and O–H groups in total. The summed E-state index contributed by atoms with van der Waals surface area (Å²) >= 11 is 0. The molecule has 1 heterocycles. The van der Waals surface area contributed by atoms with Crippen LogP contribution in [0.5, 0.6) is 0 Å². The number of aryl methyl sites for hydroxylation is 1. The van der Waals surface area contributed by atoms with Crippen LogP contribution in [0.1, 0.15) is 12.2 Å². The molecule has 0 saturated heterocycles. The third-order valence-corrected chi connectivity index (χ3v) is 2.08. The zero-order valence-corrected chi connectivity index (χ0v) is 9.53. The fourth-order valence-electron chi connectivity index (χ4n) is 1.33. The van der Waals surface area contributed by atoms with Crippen LogP contribution in [0.15, 0.2) is 6.07 Å². The second-order valence-electron chi connectivity index (χ2n) is 3.47. The Kier molecular flexibility index (Phi) is 4.30. The maximum absolute atomic E-state index is 5.65. The van der Waals surface area contributed by atoms with E-state index < -0.39 is 0 Å². The minimum Gasteiger partial charge on any atom is -0.385 e. The molecule has 0 aliphatic heterocycles. The van der Waals surface area contributed by atoms with Gasteiger partial charge in [-0.05, 0) is 13.3 Å². The highest BCUT2D eigenvalue weighted by molar-refractivity contribution is 5.46. The van der Waals surface area contributed by atoms with Crippen molar-refractivity contribution in [3.63, 3.8) is 0 Å². The van der Waals surface area contributed by atoms with Gasteiger partial charge in [0, 0.05) is 33.4 Å². The summed E-state index contributed by atoms with van der Waals surface area (Å²) < 4.78 is 4.99. The van der Waals surface area contributed by atoms with Gasteiger partial charge in [0.15, 0.2) is 0 Å². The Hall–Kier alpha value is -1.36. The van der Waals surface area contributed by atoms with Crippen LogP contribution in [0.3, 0.4) is 0 Å². The number of rotatable bonds is 5. The van der Waals surface area contributed by atoms with Crippen LogP contribution in [0, 0.1) is 6.92 Å². The van der Waals surface area contributed by atoms with Crippen molar-refractivity contribution in [3.8, 4) is 0 Å². The molecule has 0 bridgehead atoms. The Labute approximate surface area is 90.3 Å². The molecule has 1 aromatic rings. The lowest BCUT2D eigenvalue weighted by Gasteiger charge is -2.18. The zero-order chi connectivity index (χ0) is 11.3. The van der Waals surface area contributed by atoms with E-state index in [1.807, 2.05) is 18.9 Å². The van der Waals surface area contributed by atoms with Crippen LogP contribution in [0.25, 0.3) is 0 Å². The van der Waals surface area contributed by atoms with Gasteiger partial charge >= 0.3 is 0 Å². The molecule has 0 aliphatic rings. The average Bonchev–Trinajstić information content (AvgIpc) is 2.16. The molecule has 0 aromatic carbocycles. The maximum atomic E-state index is 5.65. The Bertz CT molecular complexity index is 296. The van der Waals surface area contributed by atoms with Gasteiger partial charge in [-0.3, -0.25) is 0 Å². The largest absolute Gasteiger partial charge is 0.385 e. The molecule has 0 unspecified atom stereocenters. The van der Waals surface area contributed by atoms with Gasteiger partial charge in [-0.15, -0.1) is 0 Å². The van der Waals surface area contributed by atoms with E-state index in [1.165, 1.54) is 0 Å². The molecule has 0 aliphatic carbocycles. The monoisotopic (exact) mass is 210 g/mol. The topological polar surface area (TPSA) is 64.3 Å². The first-order valence-electron chi connectivity index (χ1n) is 4.94. The highest BCUT2D eigenvalue weighted by atomic mass is 16.5. The summed E-state index contributed by atoms with van der Waals surface area (Å²) in [6.45, 7) is 3.48. The standard InChI is InChI=1S/C10H18N4O/c1-8-12-9(11)7-10(13-8)14(2)5-4-6-15-3/h7H,4-6H2,1-3H3,(H2,11,12,13). The second kappa shape index (κ2) is 5.50. The summed E-state index contributed by atoms with van der Waals surface area (Å²) in [5.41, 5.74) is 5.65. The highest BCUT2D eigenvalue weighted by Crippen LogP contribution is 2.12. The molecule has 0 saturated carbocycles. The Morgan fingerprint density at radius 1 is 1.47 bits per heavy atom. The number of nitrogen functional groups attached to an aromatic ring is 1. The van der Waals surface area contributed by atoms with Gasteiger partial charge in [-0.25, -0.2) is 9.97 Å². The first-order valence-corrected chi connectivity index (χ1v) is 4.94. The first-order chi connectivity index (χ1) is 7.13. The molecule has 5 nitrogen and oxygen atoms in total. The van der Waals surface area contributed by atoms with Gasteiger partial charge < -0.3 is 15.4 Å². The van der Waals surface area contributed by atoms with Crippen molar-refractivity contribution < 1.29 is 4.74 Å². The van der Waals surface area contributed by atoms with Crippen LogP contribution in [-0.4, -0.2) is 37.3 Å². The van der Waals surface area contributed by atoms with E-state index >= 15 is 0 Å². The number of aromatic nitrogens is 2. The molecular weight excluding hydrogens is 192 g/mol. The van der Waals surface area contributed by atoms with Crippen LogP contribution < -0.4 is 10.6 Å². The van der Waals surface area contributed by atoms with E-state index in [1.54, 1.807) is 13.2 Å². The summed E-state index contributed by atoms with van der Waals surface area (Å²) in [6, 6.07) is 1.78. The van der Waals surface area contributed by atoms with Crippen LogP contribution in [0.2, 0.25) is 0 Å². The number of nitrogens with two attached hydrogens (primary N) is 1. The van der Waals surface area contributed by atoms with Crippen LogP contribution >= 0.6 is 0 Å². The minimum atomic E-state index is 0.510. The van der Waals surface area contributed by atoms with E-state index in [9.17, 15) is 0 Å². The number of methoxy groups -OCH3 is 1. The van der Waals surface area contributed by atoms with E-state index in [2.05, 4.69) is 9.97 Å². The molecular formula is C10H18N4O. The van der Waals surface area contributed by atoms with Crippen molar-refractivity contribution in [2.24, 2.45) is 0 Å². The van der Waals surface area contributed by atoms with E-state index in [0.29, 0.717) is 11.6 Å². The Morgan fingerprint density at radius 3 is 2.80 bits per heavy atom. The molecule has 0 amide bonds. The first kappa shape index (κ1) is 11.7. The molecule has 15 heavy (non-hydrogen) atoms. The van der Waals surface area contributed by atoms with Gasteiger partial charge in [0.1, 0.15) is 17.5 Å². The quantitative estimate of drug-likeness (QED) is 0.730. The number of nitrogens with zero attached hydrogens (tertiary/aromatic N) is 3. The molecule has 84 valence electrons. The highest BCUT2D eigenvalue weighted by Gasteiger charge is 2.04. The summed E-state index contributed by atoms with van der Waals surface area (Å²) in [7, 11) is 3.68. The maximum Gasteiger partial charge on any atom is 0.134 e. The number of hydrogen-bond donors (Lipinski definition) is 1. The number of hydrogen-bond acceptors (Lipinski definition) is 5. The lowest BCUT2D eigenvalue weighted by Crippen LogP contribution is -2.21. The predicted molar refractivity (Wildman–Crippen MR) is 60.9 cm³/mol. The van der Waals surface area contributed by atoms with Gasteiger partial charge in [0.05, 0.1) is 0 Å². The molecule has 0 atom stereocenters. The molecule has 1 rings (SSSR count). The fourth-order valence-corrected chi connectivity index (χ4v) is 1.33. The average molecular weight is 210 g/mol. The molecule has 0 spiro atoms. The van der Waals surface area contributed by atoms with Gasteiger partial charge in [-0.2, -0.15) is 0 Å².